The number of aryl methyl sites for hydroxylation is 2. The second-order valence-electron chi connectivity index (χ2n) is 4.93. The Labute approximate surface area is 138 Å². The molecule has 0 saturated heterocycles. The van der Waals surface area contributed by atoms with Gasteiger partial charge in [0.25, 0.3) is 0 Å². The number of allylic oxidation sites excluding steroid dienone is 1. The van der Waals surface area contributed by atoms with Crippen LogP contribution in [0.5, 0.6) is 0 Å². The van der Waals surface area contributed by atoms with Crippen molar-refractivity contribution in [1.29, 1.82) is 10.5 Å². The summed E-state index contributed by atoms with van der Waals surface area (Å²) in [4.78, 5) is 18.1. The first-order valence-corrected chi connectivity index (χ1v) is 7.70. The number of thiazole rings is 1. The zero-order chi connectivity index (χ0) is 17.0. The summed E-state index contributed by atoms with van der Waals surface area (Å²) in [6, 6.07) is 9.41. The van der Waals surface area contributed by atoms with Crippen LogP contribution in [0.4, 0.5) is 10.8 Å². The molecule has 0 aliphatic carbocycles. The highest BCUT2D eigenvalue weighted by Gasteiger charge is 2.21. The molecular weight excluding hydrogens is 308 g/mol. The number of amides is 1. The fourth-order valence-electron chi connectivity index (χ4n) is 2.23. The van der Waals surface area contributed by atoms with Crippen molar-refractivity contribution in [2.45, 2.75) is 20.8 Å². The molecule has 2 aromatic rings. The van der Waals surface area contributed by atoms with Gasteiger partial charge in [-0.1, -0.05) is 18.2 Å². The van der Waals surface area contributed by atoms with Crippen LogP contribution in [0, 0.1) is 36.5 Å². The average molecular weight is 322 g/mol. The third-order valence-electron chi connectivity index (χ3n) is 3.21. The minimum atomic E-state index is -0.145. The smallest absolute Gasteiger partial charge is 0.230 e. The first-order valence-electron chi connectivity index (χ1n) is 6.82. The van der Waals surface area contributed by atoms with E-state index in [2.05, 4.69) is 4.98 Å². The molecule has 1 aromatic carbocycles. The van der Waals surface area contributed by atoms with Crippen molar-refractivity contribution in [3.63, 3.8) is 0 Å². The Morgan fingerprint density at radius 3 is 2.39 bits per heavy atom. The van der Waals surface area contributed by atoms with Gasteiger partial charge in [0.2, 0.25) is 5.91 Å². The van der Waals surface area contributed by atoms with Gasteiger partial charge in [0.15, 0.2) is 5.13 Å². The number of carbonyl (C=O) groups excluding carboxylic acids is 1. The molecule has 0 aliphatic heterocycles. The molecule has 0 saturated carbocycles. The summed E-state index contributed by atoms with van der Waals surface area (Å²) in [7, 11) is 0. The van der Waals surface area contributed by atoms with E-state index >= 15 is 0 Å². The number of nitriles is 2. The second-order valence-corrected chi connectivity index (χ2v) is 5.77. The third kappa shape index (κ3) is 3.45. The lowest BCUT2D eigenvalue weighted by Crippen LogP contribution is -2.24. The largest absolute Gasteiger partial charge is 0.274 e. The number of para-hydroxylation sites is 1. The number of carbonyl (C=O) groups is 1. The molecule has 0 N–H and O–H groups in total. The Hall–Kier alpha value is -2.96. The number of hydrogen-bond acceptors (Lipinski definition) is 5. The van der Waals surface area contributed by atoms with Gasteiger partial charge in [-0.15, -0.1) is 11.3 Å². The van der Waals surface area contributed by atoms with E-state index in [1.807, 2.05) is 32.0 Å². The first kappa shape index (κ1) is 16.4. The summed E-state index contributed by atoms with van der Waals surface area (Å²) in [6.45, 7) is 5.37. The Kier molecular flexibility index (Phi) is 4.90. The van der Waals surface area contributed by atoms with Crippen molar-refractivity contribution in [2.24, 2.45) is 0 Å². The zero-order valence-electron chi connectivity index (χ0n) is 13.0. The molecule has 1 heterocycles. The van der Waals surface area contributed by atoms with Crippen LogP contribution in [-0.2, 0) is 4.79 Å². The van der Waals surface area contributed by atoms with Gasteiger partial charge >= 0.3 is 0 Å². The lowest BCUT2D eigenvalue weighted by molar-refractivity contribution is -0.115. The SMILES string of the molecule is CC(=O)N(c1nc(C=C(C#N)C#N)cs1)c1c(C)cccc1C. The van der Waals surface area contributed by atoms with Crippen molar-refractivity contribution in [3.8, 4) is 12.1 Å². The average Bonchev–Trinajstić information content (AvgIpc) is 2.96. The normalized spacial score (nSPS) is 9.61. The minimum Gasteiger partial charge on any atom is -0.274 e. The molecule has 2 rings (SSSR count). The van der Waals surface area contributed by atoms with Crippen molar-refractivity contribution >= 4 is 34.1 Å². The molecule has 0 aliphatic rings. The number of aromatic nitrogens is 1. The van der Waals surface area contributed by atoms with E-state index < -0.39 is 0 Å². The summed E-state index contributed by atoms with van der Waals surface area (Å²) in [5.41, 5.74) is 3.22. The molecule has 0 fully saturated rings. The topological polar surface area (TPSA) is 80.8 Å². The van der Waals surface area contributed by atoms with Gasteiger partial charge in [0.1, 0.15) is 17.7 Å². The molecule has 0 radical (unpaired) electrons. The van der Waals surface area contributed by atoms with Crippen LogP contribution in [0.15, 0.2) is 29.2 Å². The predicted molar refractivity (Wildman–Crippen MR) is 90.1 cm³/mol. The molecule has 0 bridgehead atoms. The number of rotatable bonds is 3. The minimum absolute atomic E-state index is 0.0247. The molecule has 0 spiro atoms. The summed E-state index contributed by atoms with van der Waals surface area (Å²) in [6.07, 6.45) is 1.41. The van der Waals surface area contributed by atoms with Gasteiger partial charge in [-0.25, -0.2) is 4.98 Å². The van der Waals surface area contributed by atoms with Gasteiger partial charge in [-0.2, -0.15) is 10.5 Å². The monoisotopic (exact) mass is 322 g/mol. The van der Waals surface area contributed by atoms with Gasteiger partial charge < -0.3 is 0 Å². The quantitative estimate of drug-likeness (QED) is 0.803. The first-order chi connectivity index (χ1) is 11.0. The number of hydrogen-bond donors (Lipinski definition) is 0. The lowest BCUT2D eigenvalue weighted by atomic mass is 10.1. The van der Waals surface area contributed by atoms with Crippen molar-refractivity contribution in [2.75, 3.05) is 4.90 Å². The molecule has 0 atom stereocenters. The van der Waals surface area contributed by atoms with Crippen molar-refractivity contribution in [1.82, 2.24) is 4.98 Å². The summed E-state index contributed by atoms with van der Waals surface area (Å²) in [5, 5.41) is 19.9. The van der Waals surface area contributed by atoms with E-state index in [-0.39, 0.29) is 11.5 Å². The van der Waals surface area contributed by atoms with Crippen LogP contribution >= 0.6 is 11.3 Å². The Morgan fingerprint density at radius 2 is 1.87 bits per heavy atom. The standard InChI is InChI=1S/C17H14N4OS/c1-11-5-4-6-12(2)16(11)21(13(3)22)17-20-15(10-23-17)7-14(8-18)9-19/h4-7,10H,1-3H3. The number of anilines is 2. The van der Waals surface area contributed by atoms with E-state index in [9.17, 15) is 4.79 Å². The van der Waals surface area contributed by atoms with Crippen LogP contribution in [0.1, 0.15) is 23.7 Å². The molecule has 1 aromatic heterocycles. The second kappa shape index (κ2) is 6.87. The number of nitrogens with zero attached hydrogens (tertiary/aromatic N) is 4. The van der Waals surface area contributed by atoms with E-state index in [4.69, 9.17) is 10.5 Å². The van der Waals surface area contributed by atoms with Crippen LogP contribution < -0.4 is 4.90 Å². The Morgan fingerprint density at radius 1 is 1.26 bits per heavy atom. The molecule has 6 heteroatoms. The van der Waals surface area contributed by atoms with E-state index in [1.54, 1.807) is 22.4 Å². The third-order valence-corrected chi connectivity index (χ3v) is 4.06. The highest BCUT2D eigenvalue weighted by Crippen LogP contribution is 2.34. The fourth-order valence-corrected chi connectivity index (χ4v) is 3.06. The van der Waals surface area contributed by atoms with Gasteiger partial charge in [0, 0.05) is 12.3 Å². The van der Waals surface area contributed by atoms with E-state index in [0.717, 1.165) is 16.8 Å². The Balaban J connectivity index is 2.52. The van der Waals surface area contributed by atoms with E-state index in [0.29, 0.717) is 10.8 Å². The zero-order valence-corrected chi connectivity index (χ0v) is 13.8. The molecule has 23 heavy (non-hydrogen) atoms. The van der Waals surface area contributed by atoms with Gasteiger partial charge in [-0.3, -0.25) is 9.69 Å². The summed E-state index contributed by atoms with van der Waals surface area (Å²) < 4.78 is 0. The number of benzene rings is 1. The van der Waals surface area contributed by atoms with Crippen LogP contribution in [0.2, 0.25) is 0 Å². The summed E-state index contributed by atoms with van der Waals surface area (Å²) >= 11 is 1.29. The maximum absolute atomic E-state index is 12.2. The fraction of sp³-hybridized carbons (Fsp3) is 0.176. The molecule has 5 nitrogen and oxygen atoms in total. The van der Waals surface area contributed by atoms with E-state index in [1.165, 1.54) is 24.3 Å². The molecule has 1 amide bonds. The van der Waals surface area contributed by atoms with Crippen LogP contribution in [0.25, 0.3) is 6.08 Å². The maximum Gasteiger partial charge on any atom is 0.230 e. The summed E-state index contributed by atoms with van der Waals surface area (Å²) in [5.74, 6) is -0.145. The highest BCUT2D eigenvalue weighted by atomic mass is 32.1. The molecule has 0 unspecified atom stereocenters. The lowest BCUT2D eigenvalue weighted by Gasteiger charge is -2.22. The van der Waals surface area contributed by atoms with Crippen molar-refractivity contribution in [3.05, 3.63) is 46.0 Å². The Bertz CT molecular complexity index is 831. The molecule has 114 valence electrons. The van der Waals surface area contributed by atoms with Crippen LogP contribution in [-0.4, -0.2) is 10.9 Å². The predicted octanol–water partition coefficient (Wildman–Crippen LogP) is 3.88. The maximum atomic E-state index is 12.2. The van der Waals surface area contributed by atoms with Gasteiger partial charge in [0.05, 0.1) is 11.4 Å². The van der Waals surface area contributed by atoms with Gasteiger partial charge in [-0.05, 0) is 31.1 Å². The molecular formula is C17H14N4OS. The highest BCUT2D eigenvalue weighted by molar-refractivity contribution is 7.14. The van der Waals surface area contributed by atoms with Crippen molar-refractivity contribution < 1.29 is 4.79 Å². The van der Waals surface area contributed by atoms with Crippen LogP contribution in [0.3, 0.4) is 0 Å².